The first-order chi connectivity index (χ1) is 10.3. The second-order valence-corrected chi connectivity index (χ2v) is 5.99. The number of aliphatic hydroxyl groups excluding tert-OH is 1. The van der Waals surface area contributed by atoms with E-state index in [-0.39, 0.29) is 30.1 Å². The van der Waals surface area contributed by atoms with Crippen LogP contribution in [0, 0.1) is 5.41 Å². The van der Waals surface area contributed by atoms with Crippen LogP contribution in [-0.4, -0.2) is 52.6 Å². The predicted molar refractivity (Wildman–Crippen MR) is 67.7 cm³/mol. The Morgan fingerprint density at radius 1 is 1.41 bits per heavy atom. The molecule has 1 aromatic heterocycles. The van der Waals surface area contributed by atoms with Gasteiger partial charge in [0, 0.05) is 18.9 Å². The Kier molecular flexibility index (Phi) is 3.90. The zero-order valence-electron chi connectivity index (χ0n) is 12.1. The standard InChI is InChI=1S/C13H18F3N3O3/c1-21-9-6-8(20)12(9)2-4-19(5-3-12)7-10-17-11(18-22-10)13(14,15)16/h8-9,20H,2-7H2,1H3/t8-,9+/m1/s1. The summed E-state index contributed by atoms with van der Waals surface area (Å²) < 4.78 is 47.3. The van der Waals surface area contributed by atoms with Gasteiger partial charge in [0.15, 0.2) is 0 Å². The SMILES string of the molecule is CO[C@H]1C[C@@H](O)C12CCN(Cc1nc(C(F)(F)F)no1)CC2. The van der Waals surface area contributed by atoms with Crippen molar-refractivity contribution in [3.05, 3.63) is 11.7 Å². The molecular formula is C13H18F3N3O3. The monoisotopic (exact) mass is 321 g/mol. The van der Waals surface area contributed by atoms with Gasteiger partial charge in [0.2, 0.25) is 5.89 Å². The number of nitrogens with zero attached hydrogens (tertiary/aromatic N) is 3. The summed E-state index contributed by atoms with van der Waals surface area (Å²) in [4.78, 5) is 5.33. The van der Waals surface area contributed by atoms with E-state index in [1.165, 1.54) is 0 Å². The maximum absolute atomic E-state index is 12.4. The van der Waals surface area contributed by atoms with Crippen molar-refractivity contribution in [2.75, 3.05) is 20.2 Å². The molecule has 1 saturated carbocycles. The highest BCUT2D eigenvalue weighted by molar-refractivity contribution is 5.06. The highest BCUT2D eigenvalue weighted by atomic mass is 19.4. The van der Waals surface area contributed by atoms with Crippen LogP contribution in [0.2, 0.25) is 0 Å². The Balaban J connectivity index is 1.57. The summed E-state index contributed by atoms with van der Waals surface area (Å²) in [6.45, 7) is 1.49. The average molecular weight is 321 g/mol. The lowest BCUT2D eigenvalue weighted by atomic mass is 9.58. The quantitative estimate of drug-likeness (QED) is 0.908. The van der Waals surface area contributed by atoms with E-state index < -0.39 is 12.0 Å². The van der Waals surface area contributed by atoms with Gasteiger partial charge >= 0.3 is 6.18 Å². The fourth-order valence-electron chi connectivity index (χ4n) is 3.47. The summed E-state index contributed by atoms with van der Waals surface area (Å²) in [6, 6.07) is 0. The van der Waals surface area contributed by atoms with E-state index in [4.69, 9.17) is 4.74 Å². The number of methoxy groups -OCH3 is 1. The fourth-order valence-corrected chi connectivity index (χ4v) is 3.47. The van der Waals surface area contributed by atoms with Gasteiger partial charge in [-0.15, -0.1) is 0 Å². The van der Waals surface area contributed by atoms with Crippen molar-refractivity contribution in [1.82, 2.24) is 15.0 Å². The van der Waals surface area contributed by atoms with Crippen LogP contribution < -0.4 is 0 Å². The third kappa shape index (κ3) is 2.61. The van der Waals surface area contributed by atoms with E-state index in [1.807, 2.05) is 4.90 Å². The fraction of sp³-hybridized carbons (Fsp3) is 0.846. The van der Waals surface area contributed by atoms with Gasteiger partial charge in [-0.3, -0.25) is 4.90 Å². The second kappa shape index (κ2) is 5.47. The Morgan fingerprint density at radius 3 is 2.59 bits per heavy atom. The Hall–Kier alpha value is -1.19. The number of halogens is 3. The number of aromatic nitrogens is 2. The van der Waals surface area contributed by atoms with Gasteiger partial charge in [-0.2, -0.15) is 18.2 Å². The molecule has 9 heteroatoms. The topological polar surface area (TPSA) is 71.6 Å². The molecule has 3 rings (SSSR count). The highest BCUT2D eigenvalue weighted by Crippen LogP contribution is 2.50. The molecule has 0 unspecified atom stereocenters. The minimum atomic E-state index is -4.59. The first-order valence-corrected chi connectivity index (χ1v) is 7.18. The average Bonchev–Trinajstić information content (AvgIpc) is 2.94. The first-order valence-electron chi connectivity index (χ1n) is 7.18. The molecule has 1 aromatic rings. The van der Waals surface area contributed by atoms with Gasteiger partial charge in [0.25, 0.3) is 5.82 Å². The number of likely N-dealkylation sites (tertiary alicyclic amines) is 1. The Morgan fingerprint density at radius 2 is 2.09 bits per heavy atom. The first kappa shape index (κ1) is 15.7. The molecule has 22 heavy (non-hydrogen) atoms. The molecule has 1 aliphatic heterocycles. The molecule has 0 aromatic carbocycles. The number of rotatable bonds is 3. The van der Waals surface area contributed by atoms with Crippen LogP contribution in [0.3, 0.4) is 0 Å². The zero-order valence-corrected chi connectivity index (χ0v) is 12.1. The summed E-state index contributed by atoms with van der Waals surface area (Å²) in [5, 5.41) is 13.0. The molecule has 1 aliphatic carbocycles. The van der Waals surface area contributed by atoms with Gasteiger partial charge in [-0.05, 0) is 25.9 Å². The van der Waals surface area contributed by atoms with Crippen LogP contribution in [-0.2, 0) is 17.5 Å². The molecule has 1 spiro atoms. The van der Waals surface area contributed by atoms with Crippen LogP contribution in [0.25, 0.3) is 0 Å². The van der Waals surface area contributed by atoms with Gasteiger partial charge in [-0.1, -0.05) is 5.16 Å². The zero-order chi connectivity index (χ0) is 16.0. The minimum absolute atomic E-state index is 0.0410. The normalized spacial score (nSPS) is 28.8. The number of alkyl halides is 3. The van der Waals surface area contributed by atoms with E-state index in [0.717, 1.165) is 12.8 Å². The molecule has 2 heterocycles. The molecule has 2 fully saturated rings. The highest BCUT2D eigenvalue weighted by Gasteiger charge is 2.55. The minimum Gasteiger partial charge on any atom is -0.392 e. The van der Waals surface area contributed by atoms with Crippen molar-refractivity contribution in [1.29, 1.82) is 0 Å². The number of ether oxygens (including phenoxy) is 1. The predicted octanol–water partition coefficient (Wildman–Crippen LogP) is 1.45. The molecule has 0 radical (unpaired) electrons. The molecule has 124 valence electrons. The van der Waals surface area contributed by atoms with Crippen LogP contribution in [0.5, 0.6) is 0 Å². The van der Waals surface area contributed by atoms with Crippen LogP contribution >= 0.6 is 0 Å². The molecule has 6 nitrogen and oxygen atoms in total. The molecule has 0 amide bonds. The summed E-state index contributed by atoms with van der Waals surface area (Å²) in [5.41, 5.74) is -0.211. The van der Waals surface area contributed by atoms with Gasteiger partial charge in [-0.25, -0.2) is 0 Å². The molecule has 2 atom stereocenters. The smallest absolute Gasteiger partial charge is 0.392 e. The van der Waals surface area contributed by atoms with E-state index in [2.05, 4.69) is 14.7 Å². The maximum Gasteiger partial charge on any atom is 0.455 e. The number of hydrogen-bond acceptors (Lipinski definition) is 6. The van der Waals surface area contributed by atoms with Crippen LogP contribution in [0.4, 0.5) is 13.2 Å². The molecule has 0 bridgehead atoms. The summed E-state index contributed by atoms with van der Waals surface area (Å²) in [5.74, 6) is -1.29. The lowest BCUT2D eigenvalue weighted by Crippen LogP contribution is -2.61. The Labute approximate surface area is 125 Å². The van der Waals surface area contributed by atoms with Crippen molar-refractivity contribution in [2.24, 2.45) is 5.41 Å². The van der Waals surface area contributed by atoms with E-state index in [0.29, 0.717) is 19.5 Å². The van der Waals surface area contributed by atoms with Crippen molar-refractivity contribution in [3.8, 4) is 0 Å². The second-order valence-electron chi connectivity index (χ2n) is 5.99. The molecule has 1 saturated heterocycles. The van der Waals surface area contributed by atoms with Crippen LogP contribution in [0.15, 0.2) is 4.52 Å². The summed E-state index contributed by atoms with van der Waals surface area (Å²) in [6.07, 6.45) is -2.76. The third-order valence-corrected chi connectivity index (χ3v) is 4.89. The van der Waals surface area contributed by atoms with Crippen molar-refractivity contribution in [2.45, 2.75) is 44.2 Å². The van der Waals surface area contributed by atoms with Gasteiger partial charge in [0.1, 0.15) is 0 Å². The lowest BCUT2D eigenvalue weighted by Gasteiger charge is -2.56. The lowest BCUT2D eigenvalue weighted by molar-refractivity contribution is -0.202. The van der Waals surface area contributed by atoms with E-state index >= 15 is 0 Å². The van der Waals surface area contributed by atoms with Crippen molar-refractivity contribution >= 4 is 0 Å². The summed E-state index contributed by atoms with van der Waals surface area (Å²) >= 11 is 0. The van der Waals surface area contributed by atoms with E-state index in [1.54, 1.807) is 7.11 Å². The van der Waals surface area contributed by atoms with Crippen molar-refractivity contribution < 1.29 is 27.5 Å². The Bertz CT molecular complexity index is 526. The number of aliphatic hydroxyl groups is 1. The maximum atomic E-state index is 12.4. The van der Waals surface area contributed by atoms with E-state index in [9.17, 15) is 18.3 Å². The number of hydrogen-bond donors (Lipinski definition) is 1. The molecule has 2 aliphatic rings. The third-order valence-electron chi connectivity index (χ3n) is 4.89. The molecular weight excluding hydrogens is 303 g/mol. The van der Waals surface area contributed by atoms with Crippen LogP contribution in [0.1, 0.15) is 31.0 Å². The number of piperidine rings is 1. The van der Waals surface area contributed by atoms with Crippen molar-refractivity contribution in [3.63, 3.8) is 0 Å². The van der Waals surface area contributed by atoms with Gasteiger partial charge < -0.3 is 14.4 Å². The largest absolute Gasteiger partial charge is 0.455 e. The summed E-state index contributed by atoms with van der Waals surface area (Å²) in [7, 11) is 1.64. The molecule has 1 N–H and O–H groups in total. The van der Waals surface area contributed by atoms with Gasteiger partial charge in [0.05, 0.1) is 18.8 Å².